The molecule has 0 saturated carbocycles. The van der Waals surface area contributed by atoms with Gasteiger partial charge in [0.1, 0.15) is 11.6 Å². The quantitative estimate of drug-likeness (QED) is 0.409. The zero-order valence-electron chi connectivity index (χ0n) is 15.2. The molecule has 1 aromatic carbocycles. The number of nitrogens with one attached hydrogen (secondary N) is 2. The Balaban J connectivity index is 1.90. The summed E-state index contributed by atoms with van der Waals surface area (Å²) < 4.78 is 24.3. The van der Waals surface area contributed by atoms with Gasteiger partial charge >= 0.3 is 0 Å². The highest BCUT2D eigenvalue weighted by Crippen LogP contribution is 2.23. The molecule has 2 N–H and O–H groups in total. The summed E-state index contributed by atoms with van der Waals surface area (Å²) in [6.45, 7) is 4.66. The van der Waals surface area contributed by atoms with Gasteiger partial charge in [-0.1, -0.05) is 12.1 Å². The fourth-order valence-corrected chi connectivity index (χ4v) is 2.22. The third-order valence-corrected chi connectivity index (χ3v) is 3.49. The van der Waals surface area contributed by atoms with E-state index in [1.54, 1.807) is 25.4 Å². The Morgan fingerprint density at radius 3 is 2.88 bits per heavy atom. The predicted molar refractivity (Wildman–Crippen MR) is 100 cm³/mol. The van der Waals surface area contributed by atoms with Crippen LogP contribution in [0.25, 0.3) is 0 Å². The highest BCUT2D eigenvalue weighted by molar-refractivity contribution is 5.79. The van der Waals surface area contributed by atoms with Crippen molar-refractivity contribution >= 4 is 5.96 Å². The number of hydrogen-bond acceptors (Lipinski definition) is 4. The van der Waals surface area contributed by atoms with Gasteiger partial charge in [-0.3, -0.25) is 4.99 Å². The van der Waals surface area contributed by atoms with Gasteiger partial charge in [0.05, 0.1) is 0 Å². The van der Waals surface area contributed by atoms with Crippen LogP contribution in [0.5, 0.6) is 11.6 Å². The summed E-state index contributed by atoms with van der Waals surface area (Å²) in [5.41, 5.74) is 0.842. The lowest BCUT2D eigenvalue weighted by Crippen LogP contribution is -2.37. The second kappa shape index (κ2) is 11.0. The van der Waals surface area contributed by atoms with E-state index in [9.17, 15) is 4.39 Å². The van der Waals surface area contributed by atoms with Gasteiger partial charge in [-0.25, -0.2) is 9.37 Å². The van der Waals surface area contributed by atoms with Crippen molar-refractivity contribution in [3.8, 4) is 11.6 Å². The molecule has 0 aliphatic rings. The number of pyridine rings is 1. The molecule has 2 aromatic rings. The molecule has 0 spiro atoms. The van der Waals surface area contributed by atoms with Crippen molar-refractivity contribution in [1.29, 1.82) is 0 Å². The molecule has 0 radical (unpaired) electrons. The summed E-state index contributed by atoms with van der Waals surface area (Å²) in [4.78, 5) is 8.43. The standard InChI is InChI=1S/C19H25FN4O2/c1-3-25-12-6-11-23-19(21-2)24-14-15-7-5-10-22-18(15)26-17-9-4-8-16(20)13-17/h4-5,7-10,13H,3,6,11-12,14H2,1-2H3,(H2,21,23,24). The zero-order chi connectivity index (χ0) is 18.6. The van der Waals surface area contributed by atoms with Crippen LogP contribution in [0.2, 0.25) is 0 Å². The van der Waals surface area contributed by atoms with Gasteiger partial charge in [-0.2, -0.15) is 0 Å². The SMILES string of the molecule is CCOCCCNC(=NC)NCc1cccnc1Oc1cccc(F)c1. The number of hydrogen-bond donors (Lipinski definition) is 2. The minimum absolute atomic E-state index is 0.352. The number of aromatic nitrogens is 1. The van der Waals surface area contributed by atoms with Crippen molar-refractivity contribution < 1.29 is 13.9 Å². The Morgan fingerprint density at radius 1 is 1.23 bits per heavy atom. The van der Waals surface area contributed by atoms with E-state index in [4.69, 9.17) is 9.47 Å². The first-order valence-corrected chi connectivity index (χ1v) is 8.62. The lowest BCUT2D eigenvalue weighted by Gasteiger charge is -2.14. The van der Waals surface area contributed by atoms with Crippen molar-refractivity contribution in [3.63, 3.8) is 0 Å². The third-order valence-electron chi connectivity index (χ3n) is 3.49. The van der Waals surface area contributed by atoms with Crippen LogP contribution in [-0.4, -0.2) is 37.7 Å². The predicted octanol–water partition coefficient (Wildman–Crippen LogP) is 3.10. The van der Waals surface area contributed by atoms with Crippen molar-refractivity contribution in [2.45, 2.75) is 19.9 Å². The van der Waals surface area contributed by atoms with E-state index in [-0.39, 0.29) is 5.82 Å². The van der Waals surface area contributed by atoms with Crippen LogP contribution in [0.3, 0.4) is 0 Å². The molecule has 0 saturated heterocycles. The number of aliphatic imine (C=N–C) groups is 1. The summed E-state index contributed by atoms with van der Waals surface area (Å²) in [5.74, 6) is 1.16. The maximum Gasteiger partial charge on any atom is 0.224 e. The maximum absolute atomic E-state index is 13.3. The zero-order valence-corrected chi connectivity index (χ0v) is 15.2. The average molecular weight is 360 g/mol. The van der Waals surface area contributed by atoms with Crippen LogP contribution in [0.15, 0.2) is 47.6 Å². The molecule has 7 heteroatoms. The molecule has 0 fully saturated rings. The van der Waals surface area contributed by atoms with Crippen molar-refractivity contribution in [1.82, 2.24) is 15.6 Å². The van der Waals surface area contributed by atoms with Crippen molar-refractivity contribution in [3.05, 3.63) is 54.0 Å². The van der Waals surface area contributed by atoms with E-state index in [0.717, 1.165) is 25.1 Å². The first kappa shape index (κ1) is 19.7. The number of guanidine groups is 1. The summed E-state index contributed by atoms with van der Waals surface area (Å²) in [7, 11) is 1.71. The van der Waals surface area contributed by atoms with Gasteiger partial charge < -0.3 is 20.1 Å². The molecule has 0 atom stereocenters. The molecule has 1 heterocycles. The van der Waals surface area contributed by atoms with E-state index in [1.807, 2.05) is 19.1 Å². The summed E-state index contributed by atoms with van der Waals surface area (Å²) >= 11 is 0. The van der Waals surface area contributed by atoms with Crippen molar-refractivity contribution in [2.75, 3.05) is 26.8 Å². The molecule has 0 bridgehead atoms. The van der Waals surface area contributed by atoms with E-state index >= 15 is 0 Å². The molecular formula is C19H25FN4O2. The maximum atomic E-state index is 13.3. The minimum atomic E-state index is -0.352. The topological polar surface area (TPSA) is 67.8 Å². The van der Waals surface area contributed by atoms with E-state index in [0.29, 0.717) is 30.7 Å². The molecule has 0 unspecified atom stereocenters. The lowest BCUT2D eigenvalue weighted by atomic mass is 10.2. The molecule has 0 aliphatic carbocycles. The van der Waals surface area contributed by atoms with Gasteiger partial charge in [-0.15, -0.1) is 0 Å². The van der Waals surface area contributed by atoms with Crippen LogP contribution in [0.1, 0.15) is 18.9 Å². The number of rotatable bonds is 9. The van der Waals surface area contributed by atoms with Gasteiger partial charge in [0, 0.05) is 51.2 Å². The smallest absolute Gasteiger partial charge is 0.224 e. The van der Waals surface area contributed by atoms with Crippen LogP contribution < -0.4 is 15.4 Å². The monoisotopic (exact) mass is 360 g/mol. The number of halogens is 1. The van der Waals surface area contributed by atoms with Gasteiger partial charge in [-0.05, 0) is 31.5 Å². The number of nitrogens with zero attached hydrogens (tertiary/aromatic N) is 2. The largest absolute Gasteiger partial charge is 0.439 e. The Hall–Kier alpha value is -2.67. The van der Waals surface area contributed by atoms with E-state index in [2.05, 4.69) is 20.6 Å². The second-order valence-corrected chi connectivity index (χ2v) is 5.43. The normalized spacial score (nSPS) is 11.3. The molecular weight excluding hydrogens is 335 g/mol. The molecule has 6 nitrogen and oxygen atoms in total. The van der Waals surface area contributed by atoms with E-state index < -0.39 is 0 Å². The Bertz CT molecular complexity index is 709. The van der Waals surface area contributed by atoms with Crippen LogP contribution >= 0.6 is 0 Å². The summed E-state index contributed by atoms with van der Waals surface area (Å²) in [6, 6.07) is 9.71. The fourth-order valence-electron chi connectivity index (χ4n) is 2.22. The Kier molecular flexibility index (Phi) is 8.35. The van der Waals surface area contributed by atoms with Gasteiger partial charge in [0.15, 0.2) is 5.96 Å². The first-order chi connectivity index (χ1) is 12.7. The van der Waals surface area contributed by atoms with Crippen molar-refractivity contribution in [2.24, 2.45) is 4.99 Å². The van der Waals surface area contributed by atoms with Crippen LogP contribution in [0.4, 0.5) is 4.39 Å². The first-order valence-electron chi connectivity index (χ1n) is 8.62. The highest BCUT2D eigenvalue weighted by atomic mass is 19.1. The average Bonchev–Trinajstić information content (AvgIpc) is 2.65. The minimum Gasteiger partial charge on any atom is -0.439 e. The summed E-state index contributed by atoms with van der Waals surface area (Å²) in [6.07, 6.45) is 2.54. The Labute approximate surface area is 153 Å². The number of ether oxygens (including phenoxy) is 2. The lowest BCUT2D eigenvalue weighted by molar-refractivity contribution is 0.145. The molecule has 140 valence electrons. The van der Waals surface area contributed by atoms with Crippen LogP contribution in [0, 0.1) is 5.82 Å². The van der Waals surface area contributed by atoms with Gasteiger partial charge in [0.25, 0.3) is 0 Å². The second-order valence-electron chi connectivity index (χ2n) is 5.43. The molecule has 2 rings (SSSR count). The molecule has 26 heavy (non-hydrogen) atoms. The molecule has 1 aromatic heterocycles. The fraction of sp³-hybridized carbons (Fsp3) is 0.368. The highest BCUT2D eigenvalue weighted by Gasteiger charge is 2.08. The van der Waals surface area contributed by atoms with E-state index in [1.165, 1.54) is 12.1 Å². The van der Waals surface area contributed by atoms with Crippen LogP contribution in [-0.2, 0) is 11.3 Å². The third kappa shape index (κ3) is 6.68. The molecule has 0 amide bonds. The molecule has 0 aliphatic heterocycles. The Morgan fingerprint density at radius 2 is 2.12 bits per heavy atom. The number of benzene rings is 1. The summed E-state index contributed by atoms with van der Waals surface area (Å²) in [5, 5.41) is 6.44. The van der Waals surface area contributed by atoms with Gasteiger partial charge in [0.2, 0.25) is 5.88 Å².